The van der Waals surface area contributed by atoms with E-state index in [1.807, 2.05) is 54.7 Å². The Hall–Kier alpha value is -3.44. The molecule has 0 spiro atoms. The molecule has 5 nitrogen and oxygen atoms in total. The summed E-state index contributed by atoms with van der Waals surface area (Å²) < 4.78 is 2.14. The van der Waals surface area contributed by atoms with Crippen LogP contribution < -0.4 is 10.7 Å². The number of hydrogen-bond acceptors (Lipinski definition) is 4. The van der Waals surface area contributed by atoms with Gasteiger partial charge in [-0.1, -0.05) is 50.2 Å². The first-order valence-corrected chi connectivity index (χ1v) is 10.8. The van der Waals surface area contributed by atoms with Crippen molar-refractivity contribution in [2.45, 2.75) is 26.8 Å². The molecule has 0 radical (unpaired) electrons. The van der Waals surface area contributed by atoms with E-state index in [1.54, 1.807) is 12.3 Å². The first-order valence-electron chi connectivity index (χ1n) is 10.8. The smallest absolute Gasteiger partial charge is 0.193 e. The molecule has 4 aromatic rings. The third-order valence-corrected chi connectivity index (χ3v) is 5.43. The van der Waals surface area contributed by atoms with Gasteiger partial charge < -0.3 is 5.32 Å². The maximum absolute atomic E-state index is 13.1. The van der Waals surface area contributed by atoms with Gasteiger partial charge in [-0.25, -0.2) is 0 Å². The molecule has 0 atom stereocenters. The number of rotatable bonds is 8. The average Bonchev–Trinajstić information content (AvgIpc) is 2.80. The summed E-state index contributed by atoms with van der Waals surface area (Å²) >= 11 is 0. The van der Waals surface area contributed by atoms with Gasteiger partial charge in [0, 0.05) is 41.9 Å². The Morgan fingerprint density at radius 1 is 0.968 bits per heavy atom. The van der Waals surface area contributed by atoms with E-state index in [0.717, 1.165) is 54.3 Å². The minimum absolute atomic E-state index is 0.0338. The molecule has 2 aromatic carbocycles. The maximum atomic E-state index is 13.1. The van der Waals surface area contributed by atoms with Crippen LogP contribution in [0.2, 0.25) is 0 Å². The fourth-order valence-corrected chi connectivity index (χ4v) is 3.96. The zero-order chi connectivity index (χ0) is 21.6. The highest BCUT2D eigenvalue weighted by atomic mass is 16.1. The lowest BCUT2D eigenvalue weighted by Gasteiger charge is -2.23. The summed E-state index contributed by atoms with van der Waals surface area (Å²) in [6.07, 6.45) is 4.66. The number of nitrogens with zero attached hydrogens (tertiary/aromatic N) is 3. The molecule has 31 heavy (non-hydrogen) atoms. The second-order valence-electron chi connectivity index (χ2n) is 7.62. The molecule has 0 unspecified atom stereocenters. The topological polar surface area (TPSA) is 50.2 Å². The van der Waals surface area contributed by atoms with Crippen molar-refractivity contribution in [2.24, 2.45) is 0 Å². The number of benzene rings is 2. The van der Waals surface area contributed by atoms with Crippen molar-refractivity contribution in [3.63, 3.8) is 0 Å². The van der Waals surface area contributed by atoms with Crippen LogP contribution in [0, 0.1) is 0 Å². The number of anilines is 2. The fourth-order valence-electron chi connectivity index (χ4n) is 3.96. The Morgan fingerprint density at radius 3 is 2.35 bits per heavy atom. The molecule has 1 N–H and O–H groups in total. The van der Waals surface area contributed by atoms with E-state index in [9.17, 15) is 4.79 Å². The Bertz CT molecular complexity index is 1200. The third kappa shape index (κ3) is 4.52. The maximum Gasteiger partial charge on any atom is 0.193 e. The highest BCUT2D eigenvalue weighted by Gasteiger charge is 2.16. The normalized spacial score (nSPS) is 11.2. The van der Waals surface area contributed by atoms with Crippen molar-refractivity contribution < 1.29 is 0 Å². The second kappa shape index (κ2) is 9.58. The van der Waals surface area contributed by atoms with Gasteiger partial charge in [0.2, 0.25) is 0 Å². The van der Waals surface area contributed by atoms with Gasteiger partial charge in [-0.3, -0.25) is 19.2 Å². The van der Waals surface area contributed by atoms with Crippen LogP contribution in [0.25, 0.3) is 16.6 Å². The van der Waals surface area contributed by atoms with Crippen molar-refractivity contribution in [3.8, 4) is 5.69 Å². The molecule has 0 aliphatic carbocycles. The van der Waals surface area contributed by atoms with Crippen LogP contribution in [0.5, 0.6) is 0 Å². The molecule has 0 amide bonds. The van der Waals surface area contributed by atoms with Crippen molar-refractivity contribution in [1.82, 2.24) is 14.5 Å². The van der Waals surface area contributed by atoms with E-state index in [0.29, 0.717) is 5.39 Å². The van der Waals surface area contributed by atoms with Crippen LogP contribution in [0.4, 0.5) is 11.5 Å². The Balaban J connectivity index is 1.97. The molecule has 4 rings (SSSR count). The van der Waals surface area contributed by atoms with E-state index >= 15 is 0 Å². The highest BCUT2D eigenvalue weighted by molar-refractivity contribution is 5.86. The van der Waals surface area contributed by atoms with Crippen LogP contribution >= 0.6 is 0 Å². The second-order valence-corrected chi connectivity index (χ2v) is 7.62. The van der Waals surface area contributed by atoms with Gasteiger partial charge >= 0.3 is 0 Å². The summed E-state index contributed by atoms with van der Waals surface area (Å²) in [4.78, 5) is 19.9. The van der Waals surface area contributed by atoms with Crippen molar-refractivity contribution in [1.29, 1.82) is 0 Å². The lowest BCUT2D eigenvalue weighted by atomic mass is 10.1. The quantitative estimate of drug-likeness (QED) is 0.423. The monoisotopic (exact) mass is 412 g/mol. The molecule has 0 saturated carbocycles. The lowest BCUT2D eigenvalue weighted by molar-refractivity contribution is 0.281. The summed E-state index contributed by atoms with van der Waals surface area (Å²) in [6.45, 7) is 7.05. The van der Waals surface area contributed by atoms with Crippen molar-refractivity contribution in [2.75, 3.05) is 18.4 Å². The minimum Gasteiger partial charge on any atom is -0.341 e. The van der Waals surface area contributed by atoms with Gasteiger partial charge in [-0.05, 0) is 43.8 Å². The Labute approximate surface area is 183 Å². The van der Waals surface area contributed by atoms with Gasteiger partial charge in [-0.2, -0.15) is 0 Å². The van der Waals surface area contributed by atoms with Gasteiger partial charge in [-0.15, -0.1) is 0 Å². The van der Waals surface area contributed by atoms with Gasteiger partial charge in [0.15, 0.2) is 5.43 Å². The van der Waals surface area contributed by atoms with Crippen LogP contribution in [0.15, 0.2) is 83.9 Å². The SMILES string of the molecule is CCCN(CC)Cc1cncc2c(=O)cc(Nc3ccccc3)n(-c3ccccc3)c12. The van der Waals surface area contributed by atoms with Crippen LogP contribution in [-0.4, -0.2) is 27.5 Å². The summed E-state index contributed by atoms with van der Waals surface area (Å²) in [5.74, 6) is 0.737. The van der Waals surface area contributed by atoms with Gasteiger partial charge in [0.05, 0.1) is 10.9 Å². The number of hydrogen-bond donors (Lipinski definition) is 1. The molecular weight excluding hydrogens is 384 g/mol. The molecule has 2 heterocycles. The van der Waals surface area contributed by atoms with E-state index in [2.05, 4.69) is 45.7 Å². The van der Waals surface area contributed by atoms with Crippen molar-refractivity contribution >= 4 is 22.4 Å². The molecule has 0 saturated heterocycles. The van der Waals surface area contributed by atoms with E-state index in [1.165, 1.54) is 0 Å². The number of fused-ring (bicyclic) bond motifs is 1. The van der Waals surface area contributed by atoms with E-state index in [4.69, 9.17) is 0 Å². The Morgan fingerprint density at radius 2 is 1.68 bits per heavy atom. The van der Waals surface area contributed by atoms with Crippen LogP contribution in [-0.2, 0) is 6.54 Å². The predicted octanol–water partition coefficient (Wildman–Crippen LogP) is 5.36. The standard InChI is InChI=1S/C26H28N4O/c1-3-15-29(4-2)19-20-17-27-18-23-24(31)16-25(28-21-11-7-5-8-12-21)30(26(20)23)22-13-9-6-10-14-22/h5-14,16-18,28H,3-4,15,19H2,1-2H3. The highest BCUT2D eigenvalue weighted by Crippen LogP contribution is 2.27. The summed E-state index contributed by atoms with van der Waals surface area (Å²) in [6, 6.07) is 21.8. The molecular formula is C26H28N4O. The summed E-state index contributed by atoms with van der Waals surface area (Å²) in [7, 11) is 0. The lowest BCUT2D eigenvalue weighted by Crippen LogP contribution is -2.25. The summed E-state index contributed by atoms with van der Waals surface area (Å²) in [5, 5.41) is 4.08. The summed E-state index contributed by atoms with van der Waals surface area (Å²) in [5.41, 5.74) is 3.85. The van der Waals surface area contributed by atoms with E-state index < -0.39 is 0 Å². The number of pyridine rings is 2. The molecule has 0 aliphatic heterocycles. The van der Waals surface area contributed by atoms with Gasteiger partial charge in [0.25, 0.3) is 0 Å². The van der Waals surface area contributed by atoms with E-state index in [-0.39, 0.29) is 5.43 Å². The largest absolute Gasteiger partial charge is 0.341 e. The molecule has 0 aliphatic rings. The fraction of sp³-hybridized carbons (Fsp3) is 0.231. The molecule has 0 bridgehead atoms. The zero-order valence-electron chi connectivity index (χ0n) is 18.1. The molecule has 158 valence electrons. The first kappa shape index (κ1) is 20.8. The van der Waals surface area contributed by atoms with Gasteiger partial charge in [0.1, 0.15) is 5.82 Å². The first-order chi connectivity index (χ1) is 15.2. The van der Waals surface area contributed by atoms with Crippen molar-refractivity contribution in [3.05, 3.63) is 94.9 Å². The minimum atomic E-state index is -0.0338. The average molecular weight is 413 g/mol. The van der Waals surface area contributed by atoms with Crippen LogP contribution in [0.3, 0.4) is 0 Å². The third-order valence-electron chi connectivity index (χ3n) is 5.43. The molecule has 0 fully saturated rings. The number of aromatic nitrogens is 2. The molecule has 5 heteroatoms. The van der Waals surface area contributed by atoms with Crippen LogP contribution in [0.1, 0.15) is 25.8 Å². The molecule has 2 aromatic heterocycles. The predicted molar refractivity (Wildman–Crippen MR) is 128 cm³/mol. The number of para-hydroxylation sites is 2. The Kier molecular flexibility index (Phi) is 6.43. The zero-order valence-corrected chi connectivity index (χ0v) is 18.1. The number of nitrogens with one attached hydrogen (secondary N) is 1.